The van der Waals surface area contributed by atoms with E-state index < -0.39 is 15.7 Å². The molecule has 8 heteroatoms. The van der Waals surface area contributed by atoms with Crippen molar-refractivity contribution in [2.45, 2.75) is 32.2 Å². The van der Waals surface area contributed by atoms with Gasteiger partial charge < -0.3 is 4.42 Å². The third-order valence-corrected chi connectivity index (χ3v) is 5.18. The second-order valence-electron chi connectivity index (χ2n) is 5.83. The summed E-state index contributed by atoms with van der Waals surface area (Å²) in [6.07, 6.45) is 0. The molecule has 0 N–H and O–H groups in total. The molecule has 25 heavy (non-hydrogen) atoms. The van der Waals surface area contributed by atoms with Gasteiger partial charge in [0.05, 0.1) is 29.1 Å². The second-order valence-corrected chi connectivity index (χ2v) is 7.44. The van der Waals surface area contributed by atoms with E-state index in [-0.39, 0.29) is 18.0 Å². The first-order chi connectivity index (χ1) is 11.8. The summed E-state index contributed by atoms with van der Waals surface area (Å²) in [4.78, 5) is 11.7. The minimum atomic E-state index is -3.84. The Morgan fingerprint density at radius 1 is 1.16 bits per heavy atom. The fourth-order valence-corrected chi connectivity index (χ4v) is 3.55. The highest BCUT2D eigenvalue weighted by Crippen LogP contribution is 2.20. The van der Waals surface area contributed by atoms with Crippen LogP contribution in [-0.2, 0) is 20.8 Å². The summed E-state index contributed by atoms with van der Waals surface area (Å²) in [6, 6.07) is 7.82. The third-order valence-electron chi connectivity index (χ3n) is 3.86. The van der Waals surface area contributed by atoms with Crippen LogP contribution in [0.3, 0.4) is 0 Å². The van der Waals surface area contributed by atoms with Gasteiger partial charge in [0.15, 0.2) is 0 Å². The molecule has 0 radical (unpaired) electrons. The number of benzene rings is 1. The molecule has 7 nitrogen and oxygen atoms in total. The number of hydrogen-bond donors (Lipinski definition) is 0. The van der Waals surface area contributed by atoms with Crippen molar-refractivity contribution in [2.24, 2.45) is 0 Å². The normalized spacial score (nSPS) is 12.0. The number of aryl methyl sites for hydroxylation is 3. The molecule has 1 aromatic carbocycles. The van der Waals surface area contributed by atoms with E-state index in [4.69, 9.17) is 8.60 Å². The topological polar surface area (TPSA) is 91.4 Å². The summed E-state index contributed by atoms with van der Waals surface area (Å²) in [5, 5.41) is 5.06. The molecule has 0 bridgehead atoms. The molecule has 0 saturated heterocycles. The second kappa shape index (κ2) is 6.45. The van der Waals surface area contributed by atoms with Crippen molar-refractivity contribution in [2.75, 3.05) is 6.61 Å². The first-order valence-corrected chi connectivity index (χ1v) is 9.13. The fraction of sp³-hybridized carbons (Fsp3) is 0.294. The van der Waals surface area contributed by atoms with Crippen LogP contribution in [0, 0.1) is 20.8 Å². The Bertz CT molecular complexity index is 1080. The Hall–Kier alpha value is -2.45. The molecule has 2 aromatic heterocycles. The minimum absolute atomic E-state index is 0.0991. The van der Waals surface area contributed by atoms with Crippen molar-refractivity contribution in [3.63, 3.8) is 0 Å². The molecule has 3 rings (SSSR count). The van der Waals surface area contributed by atoms with Gasteiger partial charge in [-0.1, -0.05) is 17.7 Å². The van der Waals surface area contributed by atoms with Crippen molar-refractivity contribution in [3.05, 3.63) is 57.6 Å². The summed E-state index contributed by atoms with van der Waals surface area (Å²) in [7, 11) is -3.84. The predicted octanol–water partition coefficient (Wildman–Crippen LogP) is 2.32. The molecule has 0 unspecified atom stereocenters. The Balaban J connectivity index is 1.79. The minimum Gasteiger partial charge on any atom is -0.404 e. The lowest BCUT2D eigenvalue weighted by Crippen LogP contribution is -2.13. The molecule has 132 valence electrons. The van der Waals surface area contributed by atoms with Crippen molar-refractivity contribution >= 4 is 21.2 Å². The zero-order valence-electron chi connectivity index (χ0n) is 14.1. The number of rotatable bonds is 5. The van der Waals surface area contributed by atoms with Crippen LogP contribution in [0.15, 0.2) is 44.4 Å². The quantitative estimate of drug-likeness (QED) is 0.647. The summed E-state index contributed by atoms with van der Waals surface area (Å²) < 4.78 is 36.1. The smallest absolute Gasteiger partial charge is 0.337 e. The molecular formula is C17H18N2O5S. The molecule has 0 aliphatic heterocycles. The highest BCUT2D eigenvalue weighted by atomic mass is 32.2. The van der Waals surface area contributed by atoms with E-state index >= 15 is 0 Å². The summed E-state index contributed by atoms with van der Waals surface area (Å²) in [6.45, 7) is 5.50. The van der Waals surface area contributed by atoms with Crippen LogP contribution in [0.2, 0.25) is 0 Å². The molecule has 0 amide bonds. The molecule has 0 atom stereocenters. The van der Waals surface area contributed by atoms with E-state index in [0.717, 1.165) is 16.5 Å². The summed E-state index contributed by atoms with van der Waals surface area (Å²) >= 11 is 0. The van der Waals surface area contributed by atoms with Crippen LogP contribution in [-0.4, -0.2) is 24.8 Å². The first-order valence-electron chi connectivity index (χ1n) is 7.72. The van der Waals surface area contributed by atoms with E-state index in [9.17, 15) is 13.2 Å². The average Bonchev–Trinajstić information content (AvgIpc) is 2.83. The van der Waals surface area contributed by atoms with Crippen LogP contribution < -0.4 is 5.63 Å². The number of nitrogens with zero attached hydrogens (tertiary/aromatic N) is 2. The lowest BCUT2D eigenvalue weighted by Gasteiger charge is -2.06. The Morgan fingerprint density at radius 3 is 2.52 bits per heavy atom. The van der Waals surface area contributed by atoms with Gasteiger partial charge in [-0.2, -0.15) is 13.5 Å². The zero-order valence-corrected chi connectivity index (χ0v) is 15.0. The van der Waals surface area contributed by atoms with Crippen LogP contribution in [0.5, 0.6) is 0 Å². The van der Waals surface area contributed by atoms with Crippen LogP contribution in [0.1, 0.15) is 16.8 Å². The van der Waals surface area contributed by atoms with Crippen LogP contribution in [0.25, 0.3) is 11.1 Å². The van der Waals surface area contributed by atoms with E-state index in [0.29, 0.717) is 11.4 Å². The van der Waals surface area contributed by atoms with Crippen molar-refractivity contribution in [1.82, 2.24) is 9.78 Å². The Kier molecular flexibility index (Phi) is 4.49. The van der Waals surface area contributed by atoms with Gasteiger partial charge in [-0.05, 0) is 38.5 Å². The molecule has 3 aromatic rings. The van der Waals surface area contributed by atoms with Crippen LogP contribution >= 0.6 is 0 Å². The predicted molar refractivity (Wildman–Crippen MR) is 92.1 cm³/mol. The average molecular weight is 362 g/mol. The third kappa shape index (κ3) is 3.49. The van der Waals surface area contributed by atoms with Gasteiger partial charge >= 0.3 is 5.63 Å². The van der Waals surface area contributed by atoms with Crippen molar-refractivity contribution in [3.8, 4) is 0 Å². The zero-order chi connectivity index (χ0) is 18.2. The van der Waals surface area contributed by atoms with Crippen molar-refractivity contribution in [1.29, 1.82) is 0 Å². The number of hydrogen-bond acceptors (Lipinski definition) is 6. The van der Waals surface area contributed by atoms with Gasteiger partial charge in [0.2, 0.25) is 5.71 Å². The summed E-state index contributed by atoms with van der Waals surface area (Å²) in [5.74, 6) is 0. The first kappa shape index (κ1) is 17.4. The highest BCUT2D eigenvalue weighted by molar-refractivity contribution is 7.86. The van der Waals surface area contributed by atoms with Crippen molar-refractivity contribution < 1.29 is 17.0 Å². The SMILES string of the molecule is Cc1ccc(S(=O)(=O)OCCn2nc(C)c3c(C)cc(=O)oc32)cc1. The highest BCUT2D eigenvalue weighted by Gasteiger charge is 2.17. The molecular weight excluding hydrogens is 344 g/mol. The fourth-order valence-electron chi connectivity index (χ4n) is 2.65. The van der Waals surface area contributed by atoms with E-state index in [1.807, 2.05) is 6.92 Å². The Labute approximate surface area is 145 Å². The maximum atomic E-state index is 12.2. The lowest BCUT2D eigenvalue weighted by atomic mass is 10.2. The van der Waals surface area contributed by atoms with Gasteiger partial charge in [-0.3, -0.25) is 4.18 Å². The number of aromatic nitrogens is 2. The molecule has 0 aliphatic rings. The van der Waals surface area contributed by atoms with E-state index in [1.165, 1.54) is 22.9 Å². The van der Waals surface area contributed by atoms with E-state index in [2.05, 4.69) is 5.10 Å². The van der Waals surface area contributed by atoms with Gasteiger partial charge in [-0.25, -0.2) is 9.48 Å². The van der Waals surface area contributed by atoms with Gasteiger partial charge in [-0.15, -0.1) is 0 Å². The maximum Gasteiger partial charge on any atom is 0.337 e. The molecule has 0 saturated carbocycles. The Morgan fingerprint density at radius 2 is 1.84 bits per heavy atom. The largest absolute Gasteiger partial charge is 0.404 e. The molecule has 0 spiro atoms. The van der Waals surface area contributed by atoms with Gasteiger partial charge in [0.1, 0.15) is 0 Å². The molecule has 0 aliphatic carbocycles. The molecule has 0 fully saturated rings. The van der Waals surface area contributed by atoms with Gasteiger partial charge in [0, 0.05) is 6.07 Å². The summed E-state index contributed by atoms with van der Waals surface area (Å²) in [5.41, 5.74) is 2.28. The van der Waals surface area contributed by atoms with E-state index in [1.54, 1.807) is 26.0 Å². The van der Waals surface area contributed by atoms with Crippen LogP contribution in [0.4, 0.5) is 0 Å². The maximum absolute atomic E-state index is 12.2. The standard InChI is InChI=1S/C17H18N2O5S/c1-11-4-6-14(7-5-11)25(21,22)23-9-8-19-17-16(13(3)18-19)12(2)10-15(20)24-17/h4-7,10H,8-9H2,1-3H3. The lowest BCUT2D eigenvalue weighted by molar-refractivity contribution is 0.292. The monoisotopic (exact) mass is 362 g/mol. The number of fused-ring (bicyclic) bond motifs is 1. The van der Waals surface area contributed by atoms with Gasteiger partial charge in [0.25, 0.3) is 10.1 Å². The molecule has 2 heterocycles.